The molecule has 4 rings (SSSR count). The number of hydrogen-bond acceptors (Lipinski definition) is 1. The monoisotopic (exact) mass is 317 g/mol. The molecule has 1 aliphatic carbocycles. The molecule has 1 heteroatoms. The van der Waals surface area contributed by atoms with Gasteiger partial charge in [-0.1, -0.05) is 58.9 Å². The number of aromatic nitrogens is 1. The highest BCUT2D eigenvalue weighted by Gasteiger charge is 2.53. The van der Waals surface area contributed by atoms with Crippen LogP contribution in [0.25, 0.3) is 21.7 Å². The Bertz CT molecular complexity index is 967. The van der Waals surface area contributed by atoms with E-state index in [4.69, 9.17) is 4.98 Å². The van der Waals surface area contributed by atoms with E-state index in [2.05, 4.69) is 78.1 Å². The van der Waals surface area contributed by atoms with E-state index >= 15 is 0 Å². The molecule has 2 atom stereocenters. The summed E-state index contributed by atoms with van der Waals surface area (Å²) < 4.78 is 0. The summed E-state index contributed by atoms with van der Waals surface area (Å²) in [6.45, 7) is 14.3. The van der Waals surface area contributed by atoms with Gasteiger partial charge in [0.1, 0.15) is 0 Å². The summed E-state index contributed by atoms with van der Waals surface area (Å²) in [6.07, 6.45) is 3.31. The number of aryl methyl sites for hydroxylation is 1. The fourth-order valence-electron chi connectivity index (χ4n) is 4.99. The zero-order valence-corrected chi connectivity index (χ0v) is 15.7. The van der Waals surface area contributed by atoms with Gasteiger partial charge in [-0.15, -0.1) is 0 Å². The number of nitrogens with zero attached hydrogens (tertiary/aromatic N) is 1. The van der Waals surface area contributed by atoms with E-state index in [9.17, 15) is 0 Å². The lowest BCUT2D eigenvalue weighted by molar-refractivity contribution is 0.167. The van der Waals surface area contributed by atoms with Crippen molar-refractivity contribution in [2.45, 2.75) is 59.3 Å². The Kier molecular flexibility index (Phi) is 3.13. The van der Waals surface area contributed by atoms with Crippen LogP contribution in [-0.2, 0) is 5.41 Å². The van der Waals surface area contributed by atoms with Crippen molar-refractivity contribution < 1.29 is 0 Å². The molecule has 1 unspecified atom stereocenters. The maximum absolute atomic E-state index is 4.94. The summed E-state index contributed by atoms with van der Waals surface area (Å²) >= 11 is 0. The number of rotatable bonds is 1. The second-order valence-electron chi connectivity index (χ2n) is 8.35. The van der Waals surface area contributed by atoms with E-state index in [-0.39, 0.29) is 10.8 Å². The summed E-state index contributed by atoms with van der Waals surface area (Å²) in [7, 11) is 0. The maximum Gasteiger partial charge on any atom is 0.0783 e. The minimum atomic E-state index is 0.178. The number of hydrogen-bond donors (Lipinski definition) is 0. The van der Waals surface area contributed by atoms with Crippen molar-refractivity contribution in [2.24, 2.45) is 5.41 Å². The van der Waals surface area contributed by atoms with Gasteiger partial charge in [0, 0.05) is 17.0 Å². The van der Waals surface area contributed by atoms with Crippen LogP contribution < -0.4 is 0 Å². The van der Waals surface area contributed by atoms with Gasteiger partial charge in [-0.2, -0.15) is 0 Å². The van der Waals surface area contributed by atoms with Crippen molar-refractivity contribution in [2.75, 3.05) is 0 Å². The van der Waals surface area contributed by atoms with Gasteiger partial charge < -0.3 is 0 Å². The van der Waals surface area contributed by atoms with Gasteiger partial charge in [0.2, 0.25) is 0 Å². The van der Waals surface area contributed by atoms with Crippen LogP contribution in [0.2, 0.25) is 0 Å². The van der Waals surface area contributed by atoms with Crippen LogP contribution >= 0.6 is 0 Å². The average molecular weight is 317 g/mol. The minimum absolute atomic E-state index is 0.178. The molecule has 1 aromatic heterocycles. The zero-order valence-electron chi connectivity index (χ0n) is 15.7. The Morgan fingerprint density at radius 3 is 2.38 bits per heavy atom. The smallest absolute Gasteiger partial charge is 0.0783 e. The third kappa shape index (κ3) is 1.68. The first-order valence-electron chi connectivity index (χ1n) is 9.14. The third-order valence-corrected chi connectivity index (χ3v) is 7.34. The topological polar surface area (TPSA) is 12.9 Å². The Morgan fingerprint density at radius 2 is 1.71 bits per heavy atom. The number of fused-ring (bicyclic) bond motifs is 5. The molecule has 1 nitrogen and oxygen atoms in total. The van der Waals surface area contributed by atoms with E-state index < -0.39 is 0 Å². The Labute approximate surface area is 145 Å². The fourth-order valence-corrected chi connectivity index (χ4v) is 4.99. The SMILES string of the molecule is CCC1(C)c2c(cnc3c2cc(C)c2ccccc23)[C@H](C)C1(C)C. The molecule has 0 fully saturated rings. The van der Waals surface area contributed by atoms with Crippen LogP contribution in [0.5, 0.6) is 0 Å². The minimum Gasteiger partial charge on any atom is -0.255 e. The quantitative estimate of drug-likeness (QED) is 0.466. The summed E-state index contributed by atoms with van der Waals surface area (Å²) in [5.41, 5.74) is 5.92. The van der Waals surface area contributed by atoms with Crippen LogP contribution in [0.15, 0.2) is 36.5 Å². The van der Waals surface area contributed by atoms with Gasteiger partial charge in [-0.05, 0) is 58.2 Å². The summed E-state index contributed by atoms with van der Waals surface area (Å²) in [5, 5.41) is 3.97. The molecule has 0 amide bonds. The Morgan fingerprint density at radius 1 is 1.04 bits per heavy atom. The van der Waals surface area contributed by atoms with E-state index in [1.165, 1.54) is 32.8 Å². The van der Waals surface area contributed by atoms with Crippen LogP contribution in [0.4, 0.5) is 0 Å². The predicted octanol–water partition coefficient (Wildman–Crippen LogP) is 6.51. The molecule has 0 radical (unpaired) electrons. The number of pyridine rings is 1. The zero-order chi connectivity index (χ0) is 17.3. The van der Waals surface area contributed by atoms with E-state index in [1.54, 1.807) is 5.56 Å². The van der Waals surface area contributed by atoms with E-state index in [0.717, 1.165) is 6.42 Å². The van der Waals surface area contributed by atoms with Crippen molar-refractivity contribution in [3.05, 3.63) is 53.2 Å². The fraction of sp³-hybridized carbons (Fsp3) is 0.435. The molecule has 0 saturated carbocycles. The van der Waals surface area contributed by atoms with Gasteiger partial charge in [0.05, 0.1) is 5.52 Å². The molecule has 2 aromatic carbocycles. The highest BCUT2D eigenvalue weighted by Crippen LogP contribution is 2.61. The average Bonchev–Trinajstić information content (AvgIpc) is 2.74. The largest absolute Gasteiger partial charge is 0.255 e. The van der Waals surface area contributed by atoms with E-state index in [1.807, 2.05) is 0 Å². The van der Waals surface area contributed by atoms with Crippen LogP contribution in [0.1, 0.15) is 63.6 Å². The summed E-state index contributed by atoms with van der Waals surface area (Å²) in [5.74, 6) is 0.529. The first-order chi connectivity index (χ1) is 11.3. The van der Waals surface area contributed by atoms with Crippen LogP contribution in [0, 0.1) is 12.3 Å². The normalized spacial score (nSPS) is 25.3. The maximum atomic E-state index is 4.94. The third-order valence-electron chi connectivity index (χ3n) is 7.34. The van der Waals surface area contributed by atoms with Gasteiger partial charge in [0.15, 0.2) is 0 Å². The molecular formula is C23H27N. The first kappa shape index (κ1) is 15.6. The predicted molar refractivity (Wildman–Crippen MR) is 104 cm³/mol. The highest BCUT2D eigenvalue weighted by atomic mass is 14.7. The lowest BCUT2D eigenvalue weighted by Gasteiger charge is -2.41. The van der Waals surface area contributed by atoms with Crippen molar-refractivity contribution in [3.63, 3.8) is 0 Å². The molecule has 1 heterocycles. The summed E-state index contributed by atoms with van der Waals surface area (Å²) in [6, 6.07) is 11.1. The Hall–Kier alpha value is -1.89. The molecule has 3 aromatic rings. The van der Waals surface area contributed by atoms with Crippen molar-refractivity contribution in [3.8, 4) is 0 Å². The molecule has 124 valence electrons. The van der Waals surface area contributed by atoms with Gasteiger partial charge >= 0.3 is 0 Å². The lowest BCUT2D eigenvalue weighted by atomic mass is 9.62. The Balaban J connectivity index is 2.21. The second-order valence-corrected chi connectivity index (χ2v) is 8.35. The lowest BCUT2D eigenvalue weighted by Crippen LogP contribution is -2.36. The first-order valence-corrected chi connectivity index (χ1v) is 9.14. The molecular weight excluding hydrogens is 290 g/mol. The molecule has 0 aliphatic heterocycles. The second kappa shape index (κ2) is 4.81. The van der Waals surface area contributed by atoms with Crippen LogP contribution in [0.3, 0.4) is 0 Å². The van der Waals surface area contributed by atoms with E-state index in [0.29, 0.717) is 5.92 Å². The van der Waals surface area contributed by atoms with Crippen LogP contribution in [-0.4, -0.2) is 4.98 Å². The van der Waals surface area contributed by atoms with Gasteiger partial charge in [0.25, 0.3) is 0 Å². The molecule has 24 heavy (non-hydrogen) atoms. The standard InChI is InChI=1S/C23H27N/c1-7-23(6)20-18-12-14(2)16-10-8-9-11-17(16)21(18)24-13-19(20)15(3)22(23,4)5/h8-13,15H,7H2,1-6H3/t15-,23?/m0/s1. The summed E-state index contributed by atoms with van der Waals surface area (Å²) in [4.78, 5) is 4.94. The molecule has 0 saturated heterocycles. The molecule has 0 N–H and O–H groups in total. The molecule has 0 spiro atoms. The number of benzene rings is 2. The van der Waals surface area contributed by atoms with Crippen molar-refractivity contribution in [1.82, 2.24) is 4.98 Å². The van der Waals surface area contributed by atoms with Crippen molar-refractivity contribution in [1.29, 1.82) is 0 Å². The molecule has 0 bridgehead atoms. The highest BCUT2D eigenvalue weighted by molar-refractivity contribution is 6.08. The van der Waals surface area contributed by atoms with Crippen molar-refractivity contribution >= 4 is 21.7 Å². The van der Waals surface area contributed by atoms with Gasteiger partial charge in [-0.25, -0.2) is 0 Å². The van der Waals surface area contributed by atoms with Gasteiger partial charge in [-0.3, -0.25) is 4.98 Å². The molecule has 1 aliphatic rings.